The number of anilines is 1. The number of carbonyl (C=O) groups is 1. The molecule has 184 valence electrons. The quantitative estimate of drug-likeness (QED) is 0.537. The molecule has 1 amide bonds. The first kappa shape index (κ1) is 22.6. The van der Waals surface area contributed by atoms with Gasteiger partial charge in [-0.05, 0) is 76.3 Å². The Labute approximate surface area is 208 Å². The zero-order chi connectivity index (χ0) is 24.2. The number of likely N-dealkylation sites (tertiary alicyclic amines) is 1. The first-order chi connectivity index (χ1) is 16.9. The van der Waals surface area contributed by atoms with Gasteiger partial charge in [0.25, 0.3) is 0 Å². The highest BCUT2D eigenvalue weighted by Gasteiger charge is 2.39. The van der Waals surface area contributed by atoms with Crippen LogP contribution < -0.4 is 4.90 Å². The van der Waals surface area contributed by atoms with Crippen LogP contribution in [-0.2, 0) is 10.3 Å². The first-order valence-electron chi connectivity index (χ1n) is 13.3. The molecular formula is C29H37N5O. The molecular weight excluding hydrogens is 434 g/mol. The Bertz CT molecular complexity index is 1220. The second kappa shape index (κ2) is 8.66. The van der Waals surface area contributed by atoms with E-state index in [1.165, 1.54) is 41.8 Å². The molecule has 2 saturated heterocycles. The molecule has 0 bridgehead atoms. The summed E-state index contributed by atoms with van der Waals surface area (Å²) in [5.41, 5.74) is 6.28. The van der Waals surface area contributed by atoms with Gasteiger partial charge in [-0.3, -0.25) is 9.69 Å². The highest BCUT2D eigenvalue weighted by atomic mass is 16.2. The van der Waals surface area contributed by atoms with Gasteiger partial charge in [0.2, 0.25) is 5.91 Å². The number of hydrogen-bond donors (Lipinski definition) is 0. The molecule has 0 N–H and O–H groups in total. The zero-order valence-corrected chi connectivity index (χ0v) is 21.3. The topological polar surface area (TPSA) is 44.1 Å². The van der Waals surface area contributed by atoms with E-state index in [0.29, 0.717) is 17.9 Å². The number of nitrogens with zero attached hydrogens (tertiary/aromatic N) is 5. The SMILES string of the molecule is CC(C)N1CCC[C@@]1(C)c1ccc(-c2cc3c(N4CCN(C(=O)C5CC5)CC4)ccnn3c2)cc1. The molecule has 35 heavy (non-hydrogen) atoms. The van der Waals surface area contributed by atoms with E-state index in [9.17, 15) is 4.79 Å². The number of benzene rings is 1. The molecule has 2 aliphatic heterocycles. The van der Waals surface area contributed by atoms with Crippen LogP contribution in [0.4, 0.5) is 5.69 Å². The summed E-state index contributed by atoms with van der Waals surface area (Å²) in [4.78, 5) is 19.6. The van der Waals surface area contributed by atoms with E-state index in [4.69, 9.17) is 0 Å². The fourth-order valence-corrected chi connectivity index (χ4v) is 6.33. The van der Waals surface area contributed by atoms with Crippen LogP contribution in [0.1, 0.15) is 52.0 Å². The third-order valence-corrected chi connectivity index (χ3v) is 8.50. The summed E-state index contributed by atoms with van der Waals surface area (Å²) < 4.78 is 2.00. The van der Waals surface area contributed by atoms with E-state index in [-0.39, 0.29) is 5.54 Å². The predicted molar refractivity (Wildman–Crippen MR) is 141 cm³/mol. The second-order valence-electron chi connectivity index (χ2n) is 11.1. The maximum absolute atomic E-state index is 12.4. The number of piperazine rings is 1. The summed E-state index contributed by atoms with van der Waals surface area (Å²) in [5.74, 6) is 0.666. The van der Waals surface area contributed by atoms with Crippen LogP contribution in [0.2, 0.25) is 0 Å². The van der Waals surface area contributed by atoms with Gasteiger partial charge in [0.05, 0.1) is 11.2 Å². The molecule has 2 aromatic heterocycles. The number of rotatable bonds is 5. The summed E-state index contributed by atoms with van der Waals surface area (Å²) >= 11 is 0. The van der Waals surface area contributed by atoms with E-state index < -0.39 is 0 Å². The first-order valence-corrected chi connectivity index (χ1v) is 13.3. The lowest BCUT2D eigenvalue weighted by atomic mass is 9.87. The smallest absolute Gasteiger partial charge is 0.225 e. The average Bonchev–Trinajstić information content (AvgIpc) is 3.50. The van der Waals surface area contributed by atoms with Crippen molar-refractivity contribution in [1.82, 2.24) is 19.4 Å². The third kappa shape index (κ3) is 4.02. The molecule has 3 aromatic rings. The number of carbonyl (C=O) groups excluding carboxylic acids is 1. The molecule has 1 aromatic carbocycles. The van der Waals surface area contributed by atoms with Gasteiger partial charge in [0.15, 0.2) is 0 Å². The highest BCUT2D eigenvalue weighted by molar-refractivity contribution is 5.82. The van der Waals surface area contributed by atoms with E-state index in [1.54, 1.807) is 0 Å². The van der Waals surface area contributed by atoms with Crippen molar-refractivity contribution < 1.29 is 4.79 Å². The van der Waals surface area contributed by atoms with Crippen molar-refractivity contribution in [2.45, 2.75) is 58.0 Å². The number of fused-ring (bicyclic) bond motifs is 1. The van der Waals surface area contributed by atoms with Crippen molar-refractivity contribution >= 4 is 17.1 Å². The average molecular weight is 472 g/mol. The molecule has 6 rings (SSSR count). The Morgan fingerprint density at radius 1 is 1.00 bits per heavy atom. The van der Waals surface area contributed by atoms with Crippen molar-refractivity contribution in [3.05, 3.63) is 54.4 Å². The van der Waals surface area contributed by atoms with E-state index in [0.717, 1.165) is 44.5 Å². The van der Waals surface area contributed by atoms with Crippen molar-refractivity contribution in [3.63, 3.8) is 0 Å². The molecule has 3 aliphatic rings. The van der Waals surface area contributed by atoms with Crippen molar-refractivity contribution in [3.8, 4) is 11.1 Å². The van der Waals surface area contributed by atoms with Crippen LogP contribution in [0.25, 0.3) is 16.6 Å². The van der Waals surface area contributed by atoms with Gasteiger partial charge >= 0.3 is 0 Å². The van der Waals surface area contributed by atoms with Crippen molar-refractivity contribution in [1.29, 1.82) is 0 Å². The molecule has 1 aliphatic carbocycles. The van der Waals surface area contributed by atoms with Crippen LogP contribution in [0.5, 0.6) is 0 Å². The van der Waals surface area contributed by atoms with Gasteiger partial charge in [-0.2, -0.15) is 5.10 Å². The maximum Gasteiger partial charge on any atom is 0.225 e. The van der Waals surface area contributed by atoms with Crippen molar-refractivity contribution in [2.75, 3.05) is 37.6 Å². The predicted octanol–water partition coefficient (Wildman–Crippen LogP) is 4.78. The van der Waals surface area contributed by atoms with Gasteiger partial charge in [-0.15, -0.1) is 0 Å². The lowest BCUT2D eigenvalue weighted by molar-refractivity contribution is -0.132. The minimum atomic E-state index is 0.121. The molecule has 0 unspecified atom stereocenters. The standard InChI is InChI=1S/C29H37N5O/c1-21(2)33-14-4-12-29(33,3)25-9-7-22(8-10-25)24-19-27-26(11-13-30-34(27)20-24)31-15-17-32(18-16-31)28(35)23-5-6-23/h7-11,13,19-21,23H,4-6,12,14-18H2,1-3H3/t29-/m0/s1. The molecule has 6 heteroatoms. The minimum Gasteiger partial charge on any atom is -0.366 e. The number of aromatic nitrogens is 2. The summed E-state index contributed by atoms with van der Waals surface area (Å²) in [5, 5.41) is 4.60. The minimum absolute atomic E-state index is 0.121. The summed E-state index contributed by atoms with van der Waals surface area (Å²) in [7, 11) is 0. The lowest BCUT2D eigenvalue weighted by Gasteiger charge is -2.38. The fourth-order valence-electron chi connectivity index (χ4n) is 6.33. The summed E-state index contributed by atoms with van der Waals surface area (Å²) in [6, 6.07) is 14.1. The fraction of sp³-hybridized carbons (Fsp3) is 0.517. The van der Waals surface area contributed by atoms with Crippen molar-refractivity contribution in [2.24, 2.45) is 5.92 Å². The Hall–Kier alpha value is -2.86. The van der Waals surface area contributed by atoms with Crippen LogP contribution in [0, 0.1) is 5.92 Å². The van der Waals surface area contributed by atoms with E-state index in [1.807, 2.05) is 10.7 Å². The Balaban J connectivity index is 1.23. The largest absolute Gasteiger partial charge is 0.366 e. The lowest BCUT2D eigenvalue weighted by Crippen LogP contribution is -2.49. The van der Waals surface area contributed by atoms with Crippen LogP contribution >= 0.6 is 0 Å². The van der Waals surface area contributed by atoms with Gasteiger partial charge in [0.1, 0.15) is 0 Å². The molecule has 3 fully saturated rings. The molecule has 1 saturated carbocycles. The monoisotopic (exact) mass is 471 g/mol. The summed E-state index contributed by atoms with van der Waals surface area (Å²) in [6.07, 6.45) is 8.66. The van der Waals surface area contributed by atoms with E-state index >= 15 is 0 Å². The van der Waals surface area contributed by atoms with E-state index in [2.05, 4.69) is 83.2 Å². The van der Waals surface area contributed by atoms with Crippen LogP contribution in [0.15, 0.2) is 48.8 Å². The molecule has 1 atom stereocenters. The van der Waals surface area contributed by atoms with Gasteiger partial charge in [0, 0.05) is 61.6 Å². The van der Waals surface area contributed by atoms with Gasteiger partial charge < -0.3 is 9.80 Å². The second-order valence-corrected chi connectivity index (χ2v) is 11.1. The Morgan fingerprint density at radius 2 is 1.74 bits per heavy atom. The van der Waals surface area contributed by atoms with Crippen LogP contribution in [0.3, 0.4) is 0 Å². The zero-order valence-electron chi connectivity index (χ0n) is 21.3. The Kier molecular flexibility index (Phi) is 5.59. The molecule has 0 spiro atoms. The van der Waals surface area contributed by atoms with Crippen LogP contribution in [-0.4, -0.2) is 64.1 Å². The normalized spacial score (nSPS) is 23.5. The van der Waals surface area contributed by atoms with Gasteiger partial charge in [-0.25, -0.2) is 4.52 Å². The number of hydrogen-bond acceptors (Lipinski definition) is 4. The van der Waals surface area contributed by atoms with Gasteiger partial charge in [-0.1, -0.05) is 24.3 Å². The molecule has 6 nitrogen and oxygen atoms in total. The molecule has 0 radical (unpaired) electrons. The highest BCUT2D eigenvalue weighted by Crippen LogP contribution is 2.40. The number of amides is 1. The summed E-state index contributed by atoms with van der Waals surface area (Å²) in [6.45, 7) is 11.6. The molecule has 4 heterocycles. The third-order valence-electron chi connectivity index (χ3n) is 8.50. The maximum atomic E-state index is 12.4. The Morgan fingerprint density at radius 3 is 2.43 bits per heavy atom.